The van der Waals surface area contributed by atoms with E-state index in [1.165, 1.54) is 10.5 Å². The monoisotopic (exact) mass is 296 g/mol. The van der Waals surface area contributed by atoms with Crippen molar-refractivity contribution in [1.82, 2.24) is 9.55 Å². The molecule has 0 spiro atoms. The molecule has 0 fully saturated rings. The van der Waals surface area contributed by atoms with Crippen LogP contribution in [0.3, 0.4) is 0 Å². The molecule has 21 heavy (non-hydrogen) atoms. The van der Waals surface area contributed by atoms with Gasteiger partial charge in [-0.15, -0.1) is 11.8 Å². The first kappa shape index (κ1) is 13.8. The fourth-order valence-electron chi connectivity index (χ4n) is 2.01. The molecule has 0 aliphatic carbocycles. The van der Waals surface area contributed by atoms with Gasteiger partial charge in [-0.25, -0.2) is 4.98 Å². The summed E-state index contributed by atoms with van der Waals surface area (Å²) in [7, 11) is 1.68. The molecule has 0 amide bonds. The fraction of sp³-hybridized carbons (Fsp3) is 0.118. The minimum absolute atomic E-state index is 0.893. The van der Waals surface area contributed by atoms with Crippen LogP contribution >= 0.6 is 11.8 Å². The molecule has 0 N–H and O–H groups in total. The van der Waals surface area contributed by atoms with Crippen LogP contribution in [0.25, 0.3) is 5.69 Å². The van der Waals surface area contributed by atoms with Crippen LogP contribution in [-0.4, -0.2) is 16.7 Å². The van der Waals surface area contributed by atoms with Crippen LogP contribution in [0.2, 0.25) is 0 Å². The highest BCUT2D eigenvalue weighted by atomic mass is 32.2. The van der Waals surface area contributed by atoms with Gasteiger partial charge in [0.1, 0.15) is 5.75 Å². The van der Waals surface area contributed by atoms with E-state index in [4.69, 9.17) is 4.74 Å². The second-order valence-corrected chi connectivity index (χ2v) is 5.65. The van der Waals surface area contributed by atoms with Gasteiger partial charge in [0.05, 0.1) is 13.4 Å². The van der Waals surface area contributed by atoms with Crippen LogP contribution in [0.1, 0.15) is 5.56 Å². The van der Waals surface area contributed by atoms with Gasteiger partial charge in [0.25, 0.3) is 0 Å². The summed E-state index contributed by atoms with van der Waals surface area (Å²) in [6, 6.07) is 16.7. The smallest absolute Gasteiger partial charge is 0.118 e. The Kier molecular flexibility index (Phi) is 4.26. The Morgan fingerprint density at radius 2 is 1.81 bits per heavy atom. The van der Waals surface area contributed by atoms with Crippen LogP contribution in [0.4, 0.5) is 0 Å². The number of imidazole rings is 1. The van der Waals surface area contributed by atoms with Gasteiger partial charge in [0.2, 0.25) is 0 Å². The lowest BCUT2D eigenvalue weighted by atomic mass is 10.2. The highest BCUT2D eigenvalue weighted by Gasteiger charge is 1.99. The summed E-state index contributed by atoms with van der Waals surface area (Å²) in [5.41, 5.74) is 2.44. The lowest BCUT2D eigenvalue weighted by Crippen LogP contribution is -1.90. The predicted molar refractivity (Wildman–Crippen MR) is 86.1 cm³/mol. The van der Waals surface area contributed by atoms with Gasteiger partial charge in [-0.1, -0.05) is 12.1 Å². The Bertz CT molecular complexity index is 676. The molecule has 3 nitrogen and oxygen atoms in total. The van der Waals surface area contributed by atoms with Crippen molar-refractivity contribution in [1.29, 1.82) is 0 Å². The zero-order valence-corrected chi connectivity index (χ0v) is 12.6. The minimum Gasteiger partial charge on any atom is -0.497 e. The Morgan fingerprint density at radius 3 is 2.43 bits per heavy atom. The number of hydrogen-bond acceptors (Lipinski definition) is 3. The summed E-state index contributed by atoms with van der Waals surface area (Å²) in [6.45, 7) is 0. The first-order valence-electron chi connectivity index (χ1n) is 6.69. The van der Waals surface area contributed by atoms with E-state index in [-0.39, 0.29) is 0 Å². The standard InChI is InChI=1S/C17H16N2OS/c1-20-16-6-8-17(9-7-16)21-12-14-2-4-15(5-3-14)19-11-10-18-13-19/h2-11,13H,12H2,1H3. The van der Waals surface area contributed by atoms with Gasteiger partial charge < -0.3 is 9.30 Å². The van der Waals surface area contributed by atoms with E-state index in [1.54, 1.807) is 19.6 Å². The Hall–Kier alpha value is -2.20. The van der Waals surface area contributed by atoms with E-state index < -0.39 is 0 Å². The van der Waals surface area contributed by atoms with E-state index in [1.807, 2.05) is 34.7 Å². The third kappa shape index (κ3) is 3.47. The normalized spacial score (nSPS) is 10.5. The summed E-state index contributed by atoms with van der Waals surface area (Å²) < 4.78 is 7.16. The average molecular weight is 296 g/mol. The maximum Gasteiger partial charge on any atom is 0.118 e. The summed E-state index contributed by atoms with van der Waals surface area (Å²) in [5.74, 6) is 1.85. The van der Waals surface area contributed by atoms with E-state index in [2.05, 4.69) is 41.4 Å². The number of rotatable bonds is 5. The molecule has 0 aliphatic heterocycles. The van der Waals surface area contributed by atoms with Crippen LogP contribution < -0.4 is 4.74 Å². The first-order chi connectivity index (χ1) is 10.3. The quantitative estimate of drug-likeness (QED) is 0.661. The zero-order valence-electron chi connectivity index (χ0n) is 11.8. The zero-order chi connectivity index (χ0) is 14.5. The average Bonchev–Trinajstić information content (AvgIpc) is 3.08. The second-order valence-electron chi connectivity index (χ2n) is 4.60. The third-order valence-corrected chi connectivity index (χ3v) is 4.29. The molecule has 0 bridgehead atoms. The van der Waals surface area contributed by atoms with Crippen molar-refractivity contribution in [3.8, 4) is 11.4 Å². The fourth-order valence-corrected chi connectivity index (χ4v) is 2.87. The second kappa shape index (κ2) is 6.50. The molecule has 0 aliphatic rings. The summed E-state index contributed by atoms with van der Waals surface area (Å²) >= 11 is 1.82. The molecule has 2 aromatic carbocycles. The number of aromatic nitrogens is 2. The Balaban J connectivity index is 1.62. The molecule has 0 atom stereocenters. The predicted octanol–water partition coefficient (Wildman–Crippen LogP) is 4.17. The molecule has 0 saturated carbocycles. The molecule has 1 aromatic heterocycles. The number of thioether (sulfide) groups is 1. The molecule has 4 heteroatoms. The van der Waals surface area contributed by atoms with Crippen LogP contribution in [0, 0.1) is 0 Å². The Labute approximate surface area is 128 Å². The molecule has 3 rings (SSSR count). The van der Waals surface area contributed by atoms with Crippen LogP contribution in [0.5, 0.6) is 5.75 Å². The lowest BCUT2D eigenvalue weighted by Gasteiger charge is -2.06. The summed E-state index contributed by atoms with van der Waals surface area (Å²) in [5, 5.41) is 0. The highest BCUT2D eigenvalue weighted by Crippen LogP contribution is 2.25. The lowest BCUT2D eigenvalue weighted by molar-refractivity contribution is 0.414. The number of ether oxygens (including phenoxy) is 1. The largest absolute Gasteiger partial charge is 0.497 e. The van der Waals surface area contributed by atoms with Crippen molar-refractivity contribution in [2.45, 2.75) is 10.6 Å². The number of methoxy groups -OCH3 is 1. The van der Waals surface area contributed by atoms with E-state index in [0.717, 1.165) is 17.2 Å². The van der Waals surface area contributed by atoms with E-state index in [9.17, 15) is 0 Å². The van der Waals surface area contributed by atoms with Gasteiger partial charge in [0, 0.05) is 28.7 Å². The number of nitrogens with zero attached hydrogens (tertiary/aromatic N) is 2. The summed E-state index contributed by atoms with van der Waals surface area (Å²) in [4.78, 5) is 5.30. The van der Waals surface area contributed by atoms with Crippen molar-refractivity contribution >= 4 is 11.8 Å². The van der Waals surface area contributed by atoms with Crippen molar-refractivity contribution in [2.75, 3.05) is 7.11 Å². The maximum atomic E-state index is 5.16. The van der Waals surface area contributed by atoms with Crippen LogP contribution in [-0.2, 0) is 5.75 Å². The van der Waals surface area contributed by atoms with Crippen molar-refractivity contribution < 1.29 is 4.74 Å². The highest BCUT2D eigenvalue weighted by molar-refractivity contribution is 7.98. The van der Waals surface area contributed by atoms with Gasteiger partial charge in [-0.3, -0.25) is 0 Å². The van der Waals surface area contributed by atoms with Crippen molar-refractivity contribution in [3.05, 3.63) is 72.8 Å². The van der Waals surface area contributed by atoms with E-state index in [0.29, 0.717) is 0 Å². The molecular formula is C17H16N2OS. The van der Waals surface area contributed by atoms with Gasteiger partial charge in [-0.05, 0) is 42.0 Å². The van der Waals surface area contributed by atoms with E-state index >= 15 is 0 Å². The molecular weight excluding hydrogens is 280 g/mol. The van der Waals surface area contributed by atoms with Crippen molar-refractivity contribution in [2.24, 2.45) is 0 Å². The van der Waals surface area contributed by atoms with Gasteiger partial charge in [0.15, 0.2) is 0 Å². The molecule has 0 radical (unpaired) electrons. The molecule has 106 valence electrons. The molecule has 0 saturated heterocycles. The minimum atomic E-state index is 0.893. The first-order valence-corrected chi connectivity index (χ1v) is 7.68. The number of hydrogen-bond donors (Lipinski definition) is 0. The summed E-state index contributed by atoms with van der Waals surface area (Å²) in [6.07, 6.45) is 5.54. The molecule has 3 aromatic rings. The molecule has 0 unspecified atom stereocenters. The Morgan fingerprint density at radius 1 is 1.05 bits per heavy atom. The SMILES string of the molecule is COc1ccc(SCc2ccc(-n3ccnc3)cc2)cc1. The topological polar surface area (TPSA) is 27.1 Å². The maximum absolute atomic E-state index is 5.16. The van der Waals surface area contributed by atoms with Gasteiger partial charge in [-0.2, -0.15) is 0 Å². The van der Waals surface area contributed by atoms with Crippen molar-refractivity contribution in [3.63, 3.8) is 0 Å². The third-order valence-electron chi connectivity index (χ3n) is 3.20. The van der Waals surface area contributed by atoms with Gasteiger partial charge >= 0.3 is 0 Å². The molecule has 1 heterocycles. The number of benzene rings is 2. The van der Waals surface area contributed by atoms with Crippen LogP contribution in [0.15, 0.2) is 72.1 Å².